The van der Waals surface area contributed by atoms with Crippen LogP contribution in [0.2, 0.25) is 0 Å². The second-order valence-corrected chi connectivity index (χ2v) is 7.21. The maximum atomic E-state index is 13.5. The van der Waals surface area contributed by atoms with E-state index in [1.54, 1.807) is 42.6 Å². The molecule has 0 aliphatic heterocycles. The minimum Gasteiger partial charge on any atom is -0.392 e. The Morgan fingerprint density at radius 1 is 0.903 bits per heavy atom. The number of rotatable bonds is 4. The SMILES string of the molecule is O=c1c2cccnc2n(-c2cccc(CO)c2)c(=O)n1Cc1ccc2ccccc2n1. The van der Waals surface area contributed by atoms with E-state index in [0.717, 1.165) is 10.9 Å². The number of hydrogen-bond acceptors (Lipinski definition) is 5. The lowest BCUT2D eigenvalue weighted by molar-refractivity contribution is 0.282. The van der Waals surface area contributed by atoms with Gasteiger partial charge in [-0.2, -0.15) is 0 Å². The van der Waals surface area contributed by atoms with Crippen molar-refractivity contribution in [1.29, 1.82) is 0 Å². The van der Waals surface area contributed by atoms with Crippen LogP contribution in [0.4, 0.5) is 0 Å². The topological polar surface area (TPSA) is 90.0 Å². The molecule has 0 saturated heterocycles. The number of para-hydroxylation sites is 1. The summed E-state index contributed by atoms with van der Waals surface area (Å²) in [4.78, 5) is 35.5. The summed E-state index contributed by atoms with van der Waals surface area (Å²) < 4.78 is 2.57. The van der Waals surface area contributed by atoms with E-state index >= 15 is 0 Å². The van der Waals surface area contributed by atoms with Crippen molar-refractivity contribution < 1.29 is 5.11 Å². The number of hydrogen-bond donors (Lipinski definition) is 1. The summed E-state index contributed by atoms with van der Waals surface area (Å²) in [7, 11) is 0. The number of aliphatic hydroxyl groups excluding tert-OH is 1. The second-order valence-electron chi connectivity index (χ2n) is 7.21. The van der Waals surface area contributed by atoms with Gasteiger partial charge in [0.05, 0.1) is 35.4 Å². The molecule has 7 heteroatoms. The normalized spacial score (nSPS) is 11.3. The van der Waals surface area contributed by atoms with Crippen LogP contribution in [0.3, 0.4) is 0 Å². The summed E-state index contributed by atoms with van der Waals surface area (Å²) in [5.74, 6) is 0. The molecule has 0 aliphatic carbocycles. The molecular formula is C24H18N4O3. The van der Waals surface area contributed by atoms with Crippen LogP contribution in [-0.4, -0.2) is 24.2 Å². The van der Waals surface area contributed by atoms with Crippen LogP contribution in [0.1, 0.15) is 11.3 Å². The van der Waals surface area contributed by atoms with Gasteiger partial charge in [0.2, 0.25) is 0 Å². The van der Waals surface area contributed by atoms with Gasteiger partial charge in [-0.1, -0.05) is 36.4 Å². The van der Waals surface area contributed by atoms with Gasteiger partial charge in [-0.05, 0) is 42.0 Å². The van der Waals surface area contributed by atoms with Gasteiger partial charge in [-0.15, -0.1) is 0 Å². The number of fused-ring (bicyclic) bond motifs is 2. The van der Waals surface area contributed by atoms with Gasteiger partial charge in [0.15, 0.2) is 5.65 Å². The molecule has 0 spiro atoms. The zero-order valence-corrected chi connectivity index (χ0v) is 16.5. The van der Waals surface area contributed by atoms with Gasteiger partial charge in [0.1, 0.15) is 0 Å². The molecule has 0 bridgehead atoms. The Hall–Kier alpha value is -4.10. The fraction of sp³-hybridized carbons (Fsp3) is 0.0833. The molecule has 5 aromatic rings. The molecule has 0 saturated carbocycles. The first-order valence-corrected chi connectivity index (χ1v) is 9.81. The van der Waals surface area contributed by atoms with Gasteiger partial charge in [-0.3, -0.25) is 14.3 Å². The maximum absolute atomic E-state index is 13.5. The molecular weight excluding hydrogens is 392 g/mol. The zero-order valence-electron chi connectivity index (χ0n) is 16.5. The van der Waals surface area contributed by atoms with Gasteiger partial charge < -0.3 is 5.11 Å². The van der Waals surface area contributed by atoms with Gasteiger partial charge in [-0.25, -0.2) is 14.3 Å². The van der Waals surface area contributed by atoms with Crippen LogP contribution in [0.25, 0.3) is 27.6 Å². The number of nitrogens with zero attached hydrogens (tertiary/aromatic N) is 4. The third kappa shape index (κ3) is 3.31. The Balaban J connectivity index is 1.74. The van der Waals surface area contributed by atoms with E-state index in [2.05, 4.69) is 9.97 Å². The molecule has 31 heavy (non-hydrogen) atoms. The summed E-state index contributed by atoms with van der Waals surface area (Å²) in [5.41, 5.74) is 1.93. The van der Waals surface area contributed by atoms with E-state index in [9.17, 15) is 14.7 Å². The van der Waals surface area contributed by atoms with Crippen molar-refractivity contribution in [1.82, 2.24) is 19.1 Å². The molecule has 0 amide bonds. The predicted molar refractivity (Wildman–Crippen MR) is 118 cm³/mol. The minimum atomic E-state index is -0.513. The number of pyridine rings is 2. The van der Waals surface area contributed by atoms with Gasteiger partial charge in [0.25, 0.3) is 5.56 Å². The molecule has 3 heterocycles. The van der Waals surface area contributed by atoms with Crippen LogP contribution in [-0.2, 0) is 13.2 Å². The fourth-order valence-corrected chi connectivity index (χ4v) is 3.71. The zero-order chi connectivity index (χ0) is 21.4. The lowest BCUT2D eigenvalue weighted by Crippen LogP contribution is -2.40. The Morgan fingerprint density at radius 2 is 1.77 bits per heavy atom. The van der Waals surface area contributed by atoms with E-state index in [1.807, 2.05) is 36.4 Å². The molecule has 0 unspecified atom stereocenters. The second kappa shape index (κ2) is 7.62. The minimum absolute atomic E-state index is 0.0347. The molecule has 3 aromatic heterocycles. The average molecular weight is 410 g/mol. The van der Waals surface area contributed by atoms with Crippen LogP contribution in [0.15, 0.2) is 88.6 Å². The van der Waals surface area contributed by atoms with Gasteiger partial charge in [0, 0.05) is 11.6 Å². The highest BCUT2D eigenvalue weighted by atomic mass is 16.3. The summed E-state index contributed by atoms with van der Waals surface area (Å²) in [6.45, 7) is -0.123. The smallest absolute Gasteiger partial charge is 0.337 e. The van der Waals surface area contributed by atoms with Crippen molar-refractivity contribution in [2.24, 2.45) is 0 Å². The predicted octanol–water partition coefficient (Wildman–Crippen LogP) is 2.64. The van der Waals surface area contributed by atoms with E-state index in [4.69, 9.17) is 0 Å². The van der Waals surface area contributed by atoms with Crippen molar-refractivity contribution in [2.75, 3.05) is 0 Å². The van der Waals surface area contributed by atoms with Gasteiger partial charge >= 0.3 is 5.69 Å². The quantitative estimate of drug-likeness (QED) is 0.492. The Bertz CT molecular complexity index is 1550. The van der Waals surface area contributed by atoms with Crippen LogP contribution in [0, 0.1) is 0 Å². The molecule has 0 radical (unpaired) electrons. The van der Waals surface area contributed by atoms with E-state index in [0.29, 0.717) is 22.3 Å². The van der Waals surface area contributed by atoms with Crippen molar-refractivity contribution in [3.8, 4) is 5.69 Å². The monoisotopic (exact) mass is 410 g/mol. The van der Waals surface area contributed by atoms with E-state index in [-0.39, 0.29) is 18.8 Å². The molecule has 5 rings (SSSR count). The Kier molecular flexibility index (Phi) is 4.65. The average Bonchev–Trinajstić information content (AvgIpc) is 2.82. The molecule has 1 N–H and O–H groups in total. The number of aromatic nitrogens is 4. The standard InChI is InChI=1S/C24H18N4O3/c29-15-16-5-3-7-19(13-16)28-22-20(8-4-12-25-22)23(30)27(24(28)31)14-18-11-10-17-6-1-2-9-21(17)26-18/h1-13,29H,14-15H2. The molecule has 2 aromatic carbocycles. The summed E-state index contributed by atoms with van der Waals surface area (Å²) in [5, 5.41) is 10.8. The highest BCUT2D eigenvalue weighted by Gasteiger charge is 2.16. The lowest BCUT2D eigenvalue weighted by atomic mass is 10.2. The fourth-order valence-electron chi connectivity index (χ4n) is 3.71. The Labute approximate surface area is 176 Å². The lowest BCUT2D eigenvalue weighted by Gasteiger charge is -2.14. The summed E-state index contributed by atoms with van der Waals surface area (Å²) >= 11 is 0. The highest BCUT2D eigenvalue weighted by molar-refractivity contribution is 5.78. The molecule has 0 fully saturated rings. The molecule has 152 valence electrons. The van der Waals surface area contributed by atoms with Crippen molar-refractivity contribution in [3.05, 3.63) is 111 Å². The largest absolute Gasteiger partial charge is 0.392 e. The first-order chi connectivity index (χ1) is 15.2. The molecule has 0 aliphatic rings. The van der Waals surface area contributed by atoms with Crippen LogP contribution < -0.4 is 11.2 Å². The van der Waals surface area contributed by atoms with Crippen molar-refractivity contribution in [2.45, 2.75) is 13.2 Å². The first-order valence-electron chi connectivity index (χ1n) is 9.81. The number of benzene rings is 2. The van der Waals surface area contributed by atoms with E-state index in [1.165, 1.54) is 9.13 Å². The van der Waals surface area contributed by atoms with Crippen LogP contribution >= 0.6 is 0 Å². The number of aliphatic hydroxyl groups is 1. The van der Waals surface area contributed by atoms with Crippen LogP contribution in [0.5, 0.6) is 0 Å². The first kappa shape index (κ1) is 18.9. The molecule has 7 nitrogen and oxygen atoms in total. The highest BCUT2D eigenvalue weighted by Crippen LogP contribution is 2.15. The Morgan fingerprint density at radius 3 is 2.65 bits per heavy atom. The summed E-state index contributed by atoms with van der Waals surface area (Å²) in [6.07, 6.45) is 1.54. The molecule has 0 atom stereocenters. The third-order valence-corrected chi connectivity index (χ3v) is 5.22. The van der Waals surface area contributed by atoms with Crippen molar-refractivity contribution >= 4 is 21.9 Å². The maximum Gasteiger partial charge on any atom is 0.337 e. The third-order valence-electron chi connectivity index (χ3n) is 5.22. The van der Waals surface area contributed by atoms with E-state index < -0.39 is 11.2 Å². The van der Waals surface area contributed by atoms with Crippen molar-refractivity contribution in [3.63, 3.8) is 0 Å². The summed E-state index contributed by atoms with van der Waals surface area (Å²) in [6, 6.07) is 21.7.